The molecular formula is C15H25N3OS. The number of aromatic nitrogens is 2. The first-order chi connectivity index (χ1) is 9.74. The highest BCUT2D eigenvalue weighted by molar-refractivity contribution is 7.99. The van der Waals surface area contributed by atoms with Crippen LogP contribution in [-0.2, 0) is 11.8 Å². The van der Waals surface area contributed by atoms with Crippen LogP contribution in [0.4, 0.5) is 0 Å². The van der Waals surface area contributed by atoms with Crippen molar-refractivity contribution in [3.63, 3.8) is 0 Å². The first kappa shape index (κ1) is 14.4. The van der Waals surface area contributed by atoms with Gasteiger partial charge in [0.15, 0.2) is 0 Å². The second-order valence-electron chi connectivity index (χ2n) is 6.04. The maximum atomic E-state index is 6.22. The maximum Gasteiger partial charge on any atom is 0.0701 e. The van der Waals surface area contributed by atoms with Crippen molar-refractivity contribution >= 4 is 11.8 Å². The number of ether oxygens (including phenoxy) is 1. The highest BCUT2D eigenvalue weighted by Crippen LogP contribution is 2.43. The lowest BCUT2D eigenvalue weighted by Crippen LogP contribution is -2.45. The number of rotatable bonds is 3. The third kappa shape index (κ3) is 2.76. The maximum absolute atomic E-state index is 6.22. The molecule has 2 fully saturated rings. The Kier molecular flexibility index (Phi) is 4.38. The molecule has 0 saturated carbocycles. The van der Waals surface area contributed by atoms with E-state index < -0.39 is 0 Å². The molecule has 1 spiro atoms. The zero-order chi connectivity index (χ0) is 14.0. The van der Waals surface area contributed by atoms with Crippen LogP contribution in [0.15, 0.2) is 12.3 Å². The Bertz CT molecular complexity index is 437. The Hall–Kier alpha value is -0.520. The minimum atomic E-state index is 0.155. The van der Waals surface area contributed by atoms with Crippen molar-refractivity contribution in [1.29, 1.82) is 0 Å². The van der Waals surface area contributed by atoms with Crippen molar-refractivity contribution in [2.24, 2.45) is 13.0 Å². The van der Waals surface area contributed by atoms with E-state index in [0.717, 1.165) is 13.0 Å². The monoisotopic (exact) mass is 295 g/mol. The summed E-state index contributed by atoms with van der Waals surface area (Å²) in [6.07, 6.45) is 6.66. The molecule has 0 amide bonds. The van der Waals surface area contributed by atoms with Crippen molar-refractivity contribution in [3.8, 4) is 0 Å². The standard InChI is InChI=1S/C15H25N3OS/c1-16-14(13-3-7-17-18(13)2)12-4-8-19-15(11-12)5-9-20-10-6-15/h3,7,12,14,16H,4-6,8-11H2,1-2H3. The van der Waals surface area contributed by atoms with Crippen molar-refractivity contribution in [2.75, 3.05) is 25.2 Å². The van der Waals surface area contributed by atoms with Crippen LogP contribution in [0.5, 0.6) is 0 Å². The van der Waals surface area contributed by atoms with Crippen LogP contribution in [0.2, 0.25) is 0 Å². The molecule has 2 unspecified atom stereocenters. The van der Waals surface area contributed by atoms with E-state index in [4.69, 9.17) is 4.74 Å². The van der Waals surface area contributed by atoms with Gasteiger partial charge in [0.2, 0.25) is 0 Å². The third-order valence-electron chi connectivity index (χ3n) is 4.90. The van der Waals surface area contributed by atoms with Gasteiger partial charge in [-0.05, 0) is 56.2 Å². The molecule has 112 valence electrons. The Balaban J connectivity index is 1.76. The molecule has 1 N–H and O–H groups in total. The minimum Gasteiger partial charge on any atom is -0.375 e. The molecule has 2 saturated heterocycles. The molecule has 0 aromatic carbocycles. The molecule has 0 bridgehead atoms. The van der Waals surface area contributed by atoms with Gasteiger partial charge in [0.25, 0.3) is 0 Å². The quantitative estimate of drug-likeness (QED) is 0.929. The van der Waals surface area contributed by atoms with Crippen LogP contribution >= 0.6 is 11.8 Å². The molecule has 5 heteroatoms. The van der Waals surface area contributed by atoms with E-state index in [2.05, 4.69) is 35.3 Å². The fourth-order valence-corrected chi connectivity index (χ4v) is 4.99. The summed E-state index contributed by atoms with van der Waals surface area (Å²) >= 11 is 2.07. The third-order valence-corrected chi connectivity index (χ3v) is 5.88. The number of thioether (sulfide) groups is 1. The zero-order valence-corrected chi connectivity index (χ0v) is 13.3. The van der Waals surface area contributed by atoms with Crippen molar-refractivity contribution < 1.29 is 4.74 Å². The number of hydrogen-bond donors (Lipinski definition) is 1. The second-order valence-corrected chi connectivity index (χ2v) is 7.27. The average molecular weight is 295 g/mol. The molecule has 3 rings (SSSR count). The first-order valence-corrected chi connectivity index (χ1v) is 8.76. The van der Waals surface area contributed by atoms with Gasteiger partial charge in [-0.3, -0.25) is 4.68 Å². The first-order valence-electron chi connectivity index (χ1n) is 7.61. The molecule has 2 aliphatic rings. The molecule has 3 heterocycles. The zero-order valence-electron chi connectivity index (χ0n) is 12.5. The molecule has 0 aliphatic carbocycles. The van der Waals surface area contributed by atoms with Crippen LogP contribution in [0.3, 0.4) is 0 Å². The summed E-state index contributed by atoms with van der Waals surface area (Å²) in [6, 6.07) is 2.53. The summed E-state index contributed by atoms with van der Waals surface area (Å²) in [5.74, 6) is 3.15. The fraction of sp³-hybridized carbons (Fsp3) is 0.800. The van der Waals surface area contributed by atoms with Crippen LogP contribution in [0, 0.1) is 5.92 Å². The summed E-state index contributed by atoms with van der Waals surface area (Å²) in [5.41, 5.74) is 1.45. The highest BCUT2D eigenvalue weighted by atomic mass is 32.2. The Morgan fingerprint density at radius 3 is 2.95 bits per heavy atom. The van der Waals surface area contributed by atoms with Gasteiger partial charge in [0.05, 0.1) is 17.3 Å². The van der Waals surface area contributed by atoms with E-state index in [0.29, 0.717) is 12.0 Å². The van der Waals surface area contributed by atoms with Crippen molar-refractivity contribution in [2.45, 2.75) is 37.3 Å². The Morgan fingerprint density at radius 2 is 2.30 bits per heavy atom. The van der Waals surface area contributed by atoms with E-state index >= 15 is 0 Å². The largest absolute Gasteiger partial charge is 0.375 e. The van der Waals surface area contributed by atoms with Gasteiger partial charge in [0.1, 0.15) is 0 Å². The number of hydrogen-bond acceptors (Lipinski definition) is 4. The van der Waals surface area contributed by atoms with Crippen LogP contribution < -0.4 is 5.32 Å². The van der Waals surface area contributed by atoms with E-state index in [1.54, 1.807) is 0 Å². The lowest BCUT2D eigenvalue weighted by Gasteiger charge is -2.45. The van der Waals surface area contributed by atoms with Crippen molar-refractivity contribution in [1.82, 2.24) is 15.1 Å². The normalized spacial score (nSPS) is 27.6. The molecule has 4 nitrogen and oxygen atoms in total. The average Bonchev–Trinajstić information content (AvgIpc) is 2.87. The molecule has 1 aromatic rings. The van der Waals surface area contributed by atoms with Gasteiger partial charge in [-0.1, -0.05) is 0 Å². The Morgan fingerprint density at radius 1 is 1.50 bits per heavy atom. The minimum absolute atomic E-state index is 0.155. The van der Waals surface area contributed by atoms with Gasteiger partial charge in [0, 0.05) is 19.9 Å². The fourth-order valence-electron chi connectivity index (χ4n) is 3.76. The molecule has 1 aromatic heterocycles. The Labute approximate surface area is 125 Å². The van der Waals surface area contributed by atoms with Gasteiger partial charge in [-0.15, -0.1) is 0 Å². The van der Waals surface area contributed by atoms with Crippen LogP contribution in [0.1, 0.15) is 37.4 Å². The van der Waals surface area contributed by atoms with Gasteiger partial charge in [-0.2, -0.15) is 16.9 Å². The predicted octanol–water partition coefficient (Wildman–Crippen LogP) is 2.37. The van der Waals surface area contributed by atoms with Crippen LogP contribution in [0.25, 0.3) is 0 Å². The van der Waals surface area contributed by atoms with Gasteiger partial charge in [-0.25, -0.2) is 0 Å². The lowest BCUT2D eigenvalue weighted by atomic mass is 9.78. The van der Waals surface area contributed by atoms with Gasteiger partial charge >= 0.3 is 0 Å². The molecule has 20 heavy (non-hydrogen) atoms. The summed E-state index contributed by atoms with van der Waals surface area (Å²) < 4.78 is 8.22. The predicted molar refractivity (Wildman–Crippen MR) is 83.0 cm³/mol. The van der Waals surface area contributed by atoms with Gasteiger partial charge < -0.3 is 10.1 Å². The number of nitrogens with one attached hydrogen (secondary N) is 1. The molecule has 2 atom stereocenters. The number of aryl methyl sites for hydroxylation is 1. The summed E-state index contributed by atoms with van der Waals surface area (Å²) in [7, 11) is 4.10. The number of nitrogens with zero attached hydrogens (tertiary/aromatic N) is 2. The van der Waals surface area contributed by atoms with E-state index in [9.17, 15) is 0 Å². The second kappa shape index (κ2) is 6.08. The molecule has 2 aliphatic heterocycles. The van der Waals surface area contributed by atoms with E-state index in [1.807, 2.05) is 17.9 Å². The smallest absolute Gasteiger partial charge is 0.0701 e. The van der Waals surface area contributed by atoms with E-state index in [-0.39, 0.29) is 5.60 Å². The van der Waals surface area contributed by atoms with Crippen molar-refractivity contribution in [3.05, 3.63) is 18.0 Å². The highest BCUT2D eigenvalue weighted by Gasteiger charge is 2.41. The lowest BCUT2D eigenvalue weighted by molar-refractivity contribution is -0.107. The summed E-state index contributed by atoms with van der Waals surface area (Å²) in [5, 5.41) is 7.84. The summed E-state index contributed by atoms with van der Waals surface area (Å²) in [4.78, 5) is 0. The SMILES string of the molecule is CNC(c1ccnn1C)C1CCOC2(CCSCC2)C1. The van der Waals surface area contributed by atoms with E-state index in [1.165, 1.54) is 36.5 Å². The molecule has 0 radical (unpaired) electrons. The van der Waals surface area contributed by atoms with Crippen LogP contribution in [-0.4, -0.2) is 40.5 Å². The topological polar surface area (TPSA) is 39.1 Å². The molecular weight excluding hydrogens is 270 g/mol. The summed E-state index contributed by atoms with van der Waals surface area (Å²) in [6.45, 7) is 0.908.